The van der Waals surface area contributed by atoms with Crippen molar-refractivity contribution in [3.8, 4) is 23.0 Å². The van der Waals surface area contributed by atoms with Crippen molar-refractivity contribution in [2.75, 3.05) is 28.4 Å². The van der Waals surface area contributed by atoms with Crippen LogP contribution in [0.3, 0.4) is 0 Å². The molecule has 3 rings (SSSR count). The summed E-state index contributed by atoms with van der Waals surface area (Å²) in [6.45, 7) is 0. The predicted octanol–water partition coefficient (Wildman–Crippen LogP) is 2.69. The molecule has 1 aliphatic rings. The third-order valence-electron chi connectivity index (χ3n) is 4.68. The van der Waals surface area contributed by atoms with Gasteiger partial charge in [-0.05, 0) is 42.7 Å². The van der Waals surface area contributed by atoms with E-state index in [0.717, 1.165) is 5.56 Å². The zero-order valence-electron chi connectivity index (χ0n) is 15.7. The van der Waals surface area contributed by atoms with E-state index < -0.39 is 15.6 Å². The van der Waals surface area contributed by atoms with Crippen LogP contribution in [-0.4, -0.2) is 36.9 Å². The summed E-state index contributed by atoms with van der Waals surface area (Å²) in [6, 6.07) is 10.0. The zero-order chi connectivity index (χ0) is 19.7. The third kappa shape index (κ3) is 3.68. The van der Waals surface area contributed by atoms with Gasteiger partial charge in [-0.1, -0.05) is 6.07 Å². The molecule has 27 heavy (non-hydrogen) atoms. The second-order valence-electron chi connectivity index (χ2n) is 6.27. The maximum atomic E-state index is 13.0. The lowest BCUT2D eigenvalue weighted by Crippen LogP contribution is -2.35. The first-order valence-corrected chi connectivity index (χ1v) is 9.86. The highest BCUT2D eigenvalue weighted by atomic mass is 32.2. The fraction of sp³-hybridized carbons (Fsp3) is 0.368. The monoisotopic (exact) mass is 393 g/mol. The topological polar surface area (TPSA) is 83.1 Å². The molecule has 1 aliphatic carbocycles. The van der Waals surface area contributed by atoms with Gasteiger partial charge in [0, 0.05) is 6.07 Å². The molecule has 7 nitrogen and oxygen atoms in total. The van der Waals surface area contributed by atoms with Crippen molar-refractivity contribution in [1.29, 1.82) is 0 Å². The lowest BCUT2D eigenvalue weighted by atomic mass is 10.1. The Labute approximate surface area is 159 Å². The largest absolute Gasteiger partial charge is 0.497 e. The van der Waals surface area contributed by atoms with E-state index in [1.807, 2.05) is 6.07 Å². The van der Waals surface area contributed by atoms with E-state index in [-0.39, 0.29) is 10.6 Å². The highest BCUT2D eigenvalue weighted by Crippen LogP contribution is 2.48. The van der Waals surface area contributed by atoms with Gasteiger partial charge in [-0.2, -0.15) is 0 Å². The van der Waals surface area contributed by atoms with Crippen LogP contribution in [0.4, 0.5) is 0 Å². The van der Waals surface area contributed by atoms with E-state index in [4.69, 9.17) is 18.9 Å². The number of benzene rings is 2. The van der Waals surface area contributed by atoms with Crippen molar-refractivity contribution >= 4 is 10.0 Å². The summed E-state index contributed by atoms with van der Waals surface area (Å²) >= 11 is 0. The molecule has 0 radical (unpaired) electrons. The molecule has 1 saturated carbocycles. The number of nitrogens with one attached hydrogen (secondary N) is 1. The van der Waals surface area contributed by atoms with Gasteiger partial charge in [0.25, 0.3) is 0 Å². The van der Waals surface area contributed by atoms with Gasteiger partial charge in [0.2, 0.25) is 10.0 Å². The molecule has 8 heteroatoms. The summed E-state index contributed by atoms with van der Waals surface area (Å²) in [7, 11) is 2.24. The molecule has 0 bridgehead atoms. The first-order chi connectivity index (χ1) is 12.9. The van der Waals surface area contributed by atoms with Crippen molar-refractivity contribution in [3.63, 3.8) is 0 Å². The first kappa shape index (κ1) is 19.3. The van der Waals surface area contributed by atoms with Gasteiger partial charge in [-0.3, -0.25) is 0 Å². The van der Waals surface area contributed by atoms with E-state index in [1.165, 1.54) is 20.3 Å². The van der Waals surface area contributed by atoms with Crippen LogP contribution in [0, 0.1) is 0 Å². The molecule has 1 fully saturated rings. The highest BCUT2D eigenvalue weighted by molar-refractivity contribution is 7.89. The first-order valence-electron chi connectivity index (χ1n) is 8.37. The number of ether oxygens (including phenoxy) is 4. The minimum Gasteiger partial charge on any atom is -0.497 e. The quantitative estimate of drug-likeness (QED) is 0.742. The summed E-state index contributed by atoms with van der Waals surface area (Å²) in [5.74, 6) is 1.90. The molecule has 146 valence electrons. The van der Waals surface area contributed by atoms with E-state index in [2.05, 4.69) is 4.72 Å². The molecule has 0 unspecified atom stereocenters. The highest BCUT2D eigenvalue weighted by Gasteiger charge is 2.48. The van der Waals surface area contributed by atoms with Gasteiger partial charge < -0.3 is 18.9 Å². The maximum Gasteiger partial charge on any atom is 0.245 e. The maximum absolute atomic E-state index is 13.0. The lowest BCUT2D eigenvalue weighted by Gasteiger charge is -2.20. The zero-order valence-corrected chi connectivity index (χ0v) is 16.6. The Hall–Kier alpha value is -2.45. The van der Waals surface area contributed by atoms with Gasteiger partial charge in [-0.25, -0.2) is 13.1 Å². The van der Waals surface area contributed by atoms with Crippen LogP contribution in [0.1, 0.15) is 18.4 Å². The van der Waals surface area contributed by atoms with Crippen molar-refractivity contribution in [1.82, 2.24) is 4.72 Å². The Morgan fingerprint density at radius 1 is 0.815 bits per heavy atom. The van der Waals surface area contributed by atoms with Gasteiger partial charge in [0.05, 0.1) is 34.0 Å². The Morgan fingerprint density at radius 2 is 1.48 bits per heavy atom. The third-order valence-corrected chi connectivity index (χ3v) is 6.25. The molecule has 0 heterocycles. The van der Waals surface area contributed by atoms with E-state index in [0.29, 0.717) is 30.1 Å². The number of hydrogen-bond acceptors (Lipinski definition) is 6. The van der Waals surface area contributed by atoms with Crippen LogP contribution in [0.15, 0.2) is 41.3 Å². The Morgan fingerprint density at radius 3 is 2.04 bits per heavy atom. The summed E-state index contributed by atoms with van der Waals surface area (Å²) in [4.78, 5) is 0.0672. The number of rotatable bonds is 8. The fourth-order valence-electron chi connectivity index (χ4n) is 3.02. The van der Waals surface area contributed by atoms with Gasteiger partial charge >= 0.3 is 0 Å². The van der Waals surface area contributed by atoms with Crippen LogP contribution in [0.5, 0.6) is 23.0 Å². The average Bonchev–Trinajstić information content (AvgIpc) is 3.46. The smallest absolute Gasteiger partial charge is 0.245 e. The molecular formula is C19H23NO6S. The summed E-state index contributed by atoms with van der Waals surface area (Å²) in [6.07, 6.45) is 1.39. The average molecular weight is 393 g/mol. The van der Waals surface area contributed by atoms with Gasteiger partial charge in [0.15, 0.2) is 11.5 Å². The van der Waals surface area contributed by atoms with E-state index >= 15 is 0 Å². The fourth-order valence-corrected chi connectivity index (χ4v) is 4.62. The summed E-state index contributed by atoms with van der Waals surface area (Å²) < 4.78 is 49.9. The standard InChI is InChI=1S/C19H23NO6S/c1-23-14-6-8-18(17(12-14)26-4)27(21,22)20-19(9-10-19)13-5-7-15(24-2)16(11-13)25-3/h5-8,11-12,20H,9-10H2,1-4H3. The molecule has 1 N–H and O–H groups in total. The predicted molar refractivity (Wildman–Crippen MR) is 100 cm³/mol. The molecule has 0 saturated heterocycles. The van der Waals surface area contributed by atoms with Crippen LogP contribution >= 0.6 is 0 Å². The van der Waals surface area contributed by atoms with Crippen molar-refractivity contribution < 1.29 is 27.4 Å². The summed E-state index contributed by atoms with van der Waals surface area (Å²) in [5.41, 5.74) is 0.166. The second kappa shape index (κ2) is 7.28. The molecular weight excluding hydrogens is 370 g/mol. The lowest BCUT2D eigenvalue weighted by molar-refractivity contribution is 0.354. The van der Waals surface area contributed by atoms with Gasteiger partial charge in [-0.15, -0.1) is 0 Å². The van der Waals surface area contributed by atoms with Crippen LogP contribution in [-0.2, 0) is 15.6 Å². The molecule has 0 aromatic heterocycles. The van der Waals surface area contributed by atoms with Crippen molar-refractivity contribution in [2.45, 2.75) is 23.3 Å². The van der Waals surface area contributed by atoms with E-state index in [9.17, 15) is 8.42 Å². The van der Waals surface area contributed by atoms with Crippen LogP contribution in [0.2, 0.25) is 0 Å². The van der Waals surface area contributed by atoms with Crippen LogP contribution < -0.4 is 23.7 Å². The second-order valence-corrected chi connectivity index (χ2v) is 7.92. The van der Waals surface area contributed by atoms with Crippen molar-refractivity contribution in [2.24, 2.45) is 0 Å². The summed E-state index contributed by atoms with van der Waals surface area (Å²) in [5, 5.41) is 0. The Bertz CT molecular complexity index is 937. The molecule has 0 aliphatic heterocycles. The molecule has 0 amide bonds. The van der Waals surface area contributed by atoms with Gasteiger partial charge in [0.1, 0.15) is 16.4 Å². The number of methoxy groups -OCH3 is 4. The van der Waals surface area contributed by atoms with Crippen molar-refractivity contribution in [3.05, 3.63) is 42.0 Å². The number of sulfonamides is 1. The Kier molecular flexibility index (Phi) is 5.21. The Balaban J connectivity index is 1.94. The molecule has 0 spiro atoms. The molecule has 0 atom stereocenters. The minimum atomic E-state index is -3.81. The number of hydrogen-bond donors (Lipinski definition) is 1. The SMILES string of the molecule is COc1ccc(S(=O)(=O)NC2(c3ccc(OC)c(OC)c3)CC2)c(OC)c1. The minimum absolute atomic E-state index is 0.0672. The van der Waals surface area contributed by atoms with Crippen LogP contribution in [0.25, 0.3) is 0 Å². The normalized spacial score (nSPS) is 15.1. The van der Waals surface area contributed by atoms with E-state index in [1.54, 1.807) is 38.5 Å². The molecule has 2 aromatic carbocycles. The molecule has 2 aromatic rings.